The van der Waals surface area contributed by atoms with E-state index in [4.69, 9.17) is 14.6 Å². The van der Waals surface area contributed by atoms with Gasteiger partial charge >= 0.3 is 5.97 Å². The zero-order valence-corrected chi connectivity index (χ0v) is 22.9. The monoisotopic (exact) mass is 502 g/mol. The first-order chi connectivity index (χ1) is 18.0. The number of aryl methyl sites for hydroxylation is 2. The van der Waals surface area contributed by atoms with E-state index >= 15 is 0 Å². The Hall–Kier alpha value is -3.27. The number of unbranched alkanes of at least 4 members (excludes halogenated alkanes) is 1. The molecule has 0 aliphatic heterocycles. The largest absolute Gasteiger partial charge is 0.493 e. The van der Waals surface area contributed by atoms with E-state index in [2.05, 4.69) is 74.5 Å². The lowest BCUT2D eigenvalue weighted by Crippen LogP contribution is -2.15. The summed E-state index contributed by atoms with van der Waals surface area (Å²) in [4.78, 5) is 10.9. The third-order valence-corrected chi connectivity index (χ3v) is 6.84. The topological polar surface area (TPSA) is 55.8 Å². The normalized spacial score (nSPS) is 14.2. The molecule has 0 bridgehead atoms. The van der Waals surface area contributed by atoms with Crippen molar-refractivity contribution in [3.8, 4) is 22.6 Å². The van der Waals surface area contributed by atoms with Crippen molar-refractivity contribution < 1.29 is 19.4 Å². The van der Waals surface area contributed by atoms with Gasteiger partial charge in [0.15, 0.2) is 0 Å². The molecule has 0 amide bonds. The van der Waals surface area contributed by atoms with E-state index in [0.29, 0.717) is 12.5 Å². The van der Waals surface area contributed by atoms with Crippen molar-refractivity contribution >= 4 is 5.97 Å². The molecule has 1 atom stereocenters. The van der Waals surface area contributed by atoms with Crippen LogP contribution in [0.5, 0.6) is 11.5 Å². The second-order valence-electron chi connectivity index (χ2n) is 9.66. The minimum atomic E-state index is -0.707. The summed E-state index contributed by atoms with van der Waals surface area (Å²) >= 11 is 0. The molecule has 1 aliphatic rings. The summed E-state index contributed by atoms with van der Waals surface area (Å²) in [6, 6.07) is 21.2. The average Bonchev–Trinajstić information content (AvgIpc) is 2.92. The lowest BCUT2D eigenvalue weighted by molar-refractivity contribution is -0.137. The quantitative estimate of drug-likeness (QED) is 0.267. The Bertz CT molecular complexity index is 1130. The first-order valence-electron chi connectivity index (χ1n) is 13.8. The van der Waals surface area contributed by atoms with Gasteiger partial charge in [-0.1, -0.05) is 69.2 Å². The molecule has 0 heterocycles. The van der Waals surface area contributed by atoms with Crippen LogP contribution in [0.25, 0.3) is 11.1 Å². The summed E-state index contributed by atoms with van der Waals surface area (Å²) < 4.78 is 12.2. The maximum Gasteiger partial charge on any atom is 0.303 e. The van der Waals surface area contributed by atoms with E-state index in [1.165, 1.54) is 16.7 Å². The number of carbonyl (C=O) groups is 1. The molecule has 0 radical (unpaired) electrons. The van der Waals surface area contributed by atoms with Gasteiger partial charge < -0.3 is 14.6 Å². The number of carboxylic acid groups (broad SMARTS) is 1. The highest BCUT2D eigenvalue weighted by atomic mass is 16.5. The van der Waals surface area contributed by atoms with E-state index in [1.54, 1.807) is 0 Å². The molecule has 4 nitrogen and oxygen atoms in total. The second kappa shape index (κ2) is 14.5. The fourth-order valence-electron chi connectivity index (χ4n) is 4.74. The van der Waals surface area contributed by atoms with Gasteiger partial charge in [0.1, 0.15) is 18.1 Å². The van der Waals surface area contributed by atoms with Crippen LogP contribution >= 0.6 is 0 Å². The number of hydrogen-bond donors (Lipinski definition) is 1. The maximum atomic E-state index is 10.9. The highest BCUT2D eigenvalue weighted by Gasteiger charge is 2.20. The molecule has 0 saturated carbocycles. The van der Waals surface area contributed by atoms with Gasteiger partial charge in [0.2, 0.25) is 0 Å². The highest BCUT2D eigenvalue weighted by Crippen LogP contribution is 2.33. The van der Waals surface area contributed by atoms with Crippen molar-refractivity contribution in [1.82, 2.24) is 0 Å². The smallest absolute Gasteiger partial charge is 0.303 e. The molecule has 198 valence electrons. The molecule has 3 aromatic rings. The van der Waals surface area contributed by atoms with Gasteiger partial charge in [-0.2, -0.15) is 0 Å². The minimum Gasteiger partial charge on any atom is -0.493 e. The zero-order valence-electron chi connectivity index (χ0n) is 22.9. The van der Waals surface area contributed by atoms with Gasteiger partial charge in [0, 0.05) is 12.0 Å². The molecule has 3 aromatic carbocycles. The Morgan fingerprint density at radius 1 is 0.973 bits per heavy atom. The predicted molar refractivity (Wildman–Crippen MR) is 152 cm³/mol. The van der Waals surface area contributed by atoms with E-state index in [0.717, 1.165) is 73.3 Å². The van der Waals surface area contributed by atoms with Crippen molar-refractivity contribution in [1.29, 1.82) is 0 Å². The van der Waals surface area contributed by atoms with E-state index in [1.807, 2.05) is 13.8 Å². The van der Waals surface area contributed by atoms with Crippen LogP contribution in [0.2, 0.25) is 0 Å². The molecular weight excluding hydrogens is 460 g/mol. The van der Waals surface area contributed by atoms with Crippen molar-refractivity contribution in [2.75, 3.05) is 6.61 Å². The number of rotatable bonds is 11. The predicted octanol–water partition coefficient (Wildman–Crippen LogP) is 8.42. The summed E-state index contributed by atoms with van der Waals surface area (Å²) in [5.74, 6) is 1.54. The van der Waals surface area contributed by atoms with Crippen LogP contribution in [0.4, 0.5) is 0 Å². The van der Waals surface area contributed by atoms with Crippen LogP contribution in [0.1, 0.15) is 75.1 Å². The third kappa shape index (κ3) is 8.38. The van der Waals surface area contributed by atoms with Crippen LogP contribution in [0.3, 0.4) is 0 Å². The van der Waals surface area contributed by atoms with Crippen molar-refractivity contribution in [2.45, 2.75) is 79.2 Å². The number of hydrogen-bond acceptors (Lipinski definition) is 3. The molecule has 0 fully saturated rings. The van der Waals surface area contributed by atoms with Crippen molar-refractivity contribution in [3.05, 3.63) is 82.9 Å². The van der Waals surface area contributed by atoms with Crippen LogP contribution in [0, 0.1) is 12.8 Å². The van der Waals surface area contributed by atoms with Crippen LogP contribution in [0.15, 0.2) is 60.7 Å². The number of ether oxygens (including phenoxy) is 2. The zero-order chi connectivity index (χ0) is 26.6. The van der Waals surface area contributed by atoms with Gasteiger partial charge in [-0.25, -0.2) is 0 Å². The van der Waals surface area contributed by atoms with Crippen molar-refractivity contribution in [3.63, 3.8) is 0 Å². The Morgan fingerprint density at radius 2 is 1.76 bits per heavy atom. The molecule has 37 heavy (non-hydrogen) atoms. The molecule has 4 rings (SSSR count). The molecule has 1 aliphatic carbocycles. The Morgan fingerprint density at radius 3 is 2.49 bits per heavy atom. The summed E-state index contributed by atoms with van der Waals surface area (Å²) in [6.45, 7) is 9.52. The molecule has 0 aromatic heterocycles. The summed E-state index contributed by atoms with van der Waals surface area (Å²) in [5, 5.41) is 8.99. The summed E-state index contributed by atoms with van der Waals surface area (Å²) in [5.41, 5.74) is 7.27. The van der Waals surface area contributed by atoms with Gasteiger partial charge in [0.25, 0.3) is 0 Å². The molecule has 1 unspecified atom stereocenters. The molecule has 4 heteroatoms. The number of fused-ring (bicyclic) bond motifs is 1. The van der Waals surface area contributed by atoms with Gasteiger partial charge in [-0.3, -0.25) is 4.79 Å². The SMILES string of the molecule is CC.CCCCOc1ccc(C)cc1-c1ccc(COc2ccc3c(c2)CC(CCC(=O)O)CC3)cc1. The summed E-state index contributed by atoms with van der Waals surface area (Å²) in [7, 11) is 0. The number of carboxylic acids is 1. The highest BCUT2D eigenvalue weighted by molar-refractivity contribution is 5.71. The van der Waals surface area contributed by atoms with Crippen molar-refractivity contribution in [2.24, 2.45) is 5.92 Å². The van der Waals surface area contributed by atoms with E-state index in [9.17, 15) is 4.79 Å². The maximum absolute atomic E-state index is 10.9. The molecular formula is C33H42O4. The Kier molecular flexibility index (Phi) is 11.1. The fraction of sp³-hybridized carbons (Fsp3) is 0.424. The number of benzene rings is 3. The lowest BCUT2D eigenvalue weighted by Gasteiger charge is -2.24. The second-order valence-corrected chi connectivity index (χ2v) is 9.66. The van der Waals surface area contributed by atoms with E-state index < -0.39 is 5.97 Å². The lowest BCUT2D eigenvalue weighted by atomic mass is 9.81. The molecule has 0 spiro atoms. The molecule has 0 saturated heterocycles. The minimum absolute atomic E-state index is 0.251. The number of aliphatic carboxylic acids is 1. The Balaban J connectivity index is 0.00000186. The van der Waals surface area contributed by atoms with Crippen LogP contribution in [-0.4, -0.2) is 17.7 Å². The van der Waals surface area contributed by atoms with E-state index in [-0.39, 0.29) is 6.42 Å². The van der Waals surface area contributed by atoms with Gasteiger partial charge in [-0.05, 0) is 91.5 Å². The summed E-state index contributed by atoms with van der Waals surface area (Å²) in [6.07, 6.45) is 6.19. The third-order valence-electron chi connectivity index (χ3n) is 6.84. The van der Waals surface area contributed by atoms with Crippen LogP contribution < -0.4 is 9.47 Å². The fourth-order valence-corrected chi connectivity index (χ4v) is 4.74. The van der Waals surface area contributed by atoms with Crippen LogP contribution in [-0.2, 0) is 24.2 Å². The Labute approximate surface area is 222 Å². The molecule has 1 N–H and O–H groups in total. The average molecular weight is 503 g/mol. The van der Waals surface area contributed by atoms with Gasteiger partial charge in [0.05, 0.1) is 6.61 Å². The first kappa shape index (κ1) is 28.3. The standard InChI is InChI=1S/C31H36O4.C2H6/c1-3-4-17-34-30-15-5-22(2)18-29(30)26-11-7-24(8-12-26)21-35-28-14-13-25-10-6-23(9-16-31(32)33)19-27(25)20-28;1-2/h5,7-8,11-15,18,20,23H,3-4,6,9-10,16-17,19,21H2,1-2H3,(H,32,33);1-2H3. The first-order valence-corrected chi connectivity index (χ1v) is 13.8. The van der Waals surface area contributed by atoms with Gasteiger partial charge in [-0.15, -0.1) is 0 Å².